The summed E-state index contributed by atoms with van der Waals surface area (Å²) >= 11 is 0. The Bertz CT molecular complexity index is 450. The van der Waals surface area contributed by atoms with Crippen LogP contribution in [-0.2, 0) is 0 Å². The van der Waals surface area contributed by atoms with Crippen LogP contribution in [0.25, 0.3) is 0 Å². The van der Waals surface area contributed by atoms with Crippen LogP contribution in [0.1, 0.15) is 32.3 Å². The molecule has 1 rings (SSSR count). The molecule has 0 spiro atoms. The Morgan fingerprint density at radius 1 is 1.29 bits per heavy atom. The first-order valence-electron chi connectivity index (χ1n) is 7.77. The molecular formula is C17H30N4. The highest BCUT2D eigenvalue weighted by Gasteiger charge is 2.20. The largest absolute Gasteiger partial charge is 0.370 e. The molecule has 0 heterocycles. The molecule has 0 aliphatic carbocycles. The second kappa shape index (κ2) is 8.67. The van der Waals surface area contributed by atoms with Gasteiger partial charge in [-0.3, -0.25) is 4.99 Å². The highest BCUT2D eigenvalue weighted by molar-refractivity contribution is 5.92. The van der Waals surface area contributed by atoms with Gasteiger partial charge in [0.15, 0.2) is 5.96 Å². The molecule has 0 saturated heterocycles. The minimum atomic E-state index is 0.429. The highest BCUT2D eigenvalue weighted by Crippen LogP contribution is 2.17. The van der Waals surface area contributed by atoms with Gasteiger partial charge in [-0.25, -0.2) is 0 Å². The summed E-state index contributed by atoms with van der Waals surface area (Å²) in [7, 11) is 4.23. The molecule has 118 valence electrons. The SMILES string of the molecule is CCC(CC)C(CN=C(N)Nc1cccc(C)c1)N(C)C. The zero-order chi connectivity index (χ0) is 15.8. The van der Waals surface area contributed by atoms with Crippen LogP contribution in [0, 0.1) is 12.8 Å². The fraction of sp³-hybridized carbons (Fsp3) is 0.588. The van der Waals surface area contributed by atoms with E-state index in [2.05, 4.69) is 62.2 Å². The van der Waals surface area contributed by atoms with E-state index in [1.54, 1.807) is 0 Å². The Morgan fingerprint density at radius 2 is 1.95 bits per heavy atom. The molecule has 0 saturated carbocycles. The first-order chi connectivity index (χ1) is 9.97. The number of rotatable bonds is 7. The summed E-state index contributed by atoms with van der Waals surface area (Å²) < 4.78 is 0. The number of likely N-dealkylation sites (N-methyl/N-ethyl adjacent to an activating group) is 1. The van der Waals surface area contributed by atoms with Crippen molar-refractivity contribution in [2.75, 3.05) is 26.0 Å². The van der Waals surface area contributed by atoms with E-state index in [-0.39, 0.29) is 0 Å². The topological polar surface area (TPSA) is 53.6 Å². The van der Waals surface area contributed by atoms with E-state index in [0.29, 0.717) is 17.9 Å². The first-order valence-corrected chi connectivity index (χ1v) is 7.77. The van der Waals surface area contributed by atoms with Gasteiger partial charge < -0.3 is 16.0 Å². The lowest BCUT2D eigenvalue weighted by atomic mass is 9.93. The van der Waals surface area contributed by atoms with Gasteiger partial charge >= 0.3 is 0 Å². The van der Waals surface area contributed by atoms with Crippen molar-refractivity contribution in [1.29, 1.82) is 0 Å². The molecule has 3 N–H and O–H groups in total. The third kappa shape index (κ3) is 5.76. The summed E-state index contributed by atoms with van der Waals surface area (Å²) in [6, 6.07) is 8.57. The predicted molar refractivity (Wildman–Crippen MR) is 92.8 cm³/mol. The van der Waals surface area contributed by atoms with Gasteiger partial charge in [-0.15, -0.1) is 0 Å². The Balaban J connectivity index is 2.68. The number of hydrogen-bond acceptors (Lipinski definition) is 2. The smallest absolute Gasteiger partial charge is 0.193 e. The van der Waals surface area contributed by atoms with Gasteiger partial charge in [-0.1, -0.05) is 38.8 Å². The van der Waals surface area contributed by atoms with Crippen molar-refractivity contribution in [2.45, 2.75) is 39.7 Å². The third-order valence-electron chi connectivity index (χ3n) is 4.00. The first kappa shape index (κ1) is 17.5. The summed E-state index contributed by atoms with van der Waals surface area (Å²) in [6.45, 7) is 7.27. The van der Waals surface area contributed by atoms with Gasteiger partial charge in [0.2, 0.25) is 0 Å². The minimum Gasteiger partial charge on any atom is -0.370 e. The number of nitrogens with zero attached hydrogens (tertiary/aromatic N) is 2. The number of nitrogens with two attached hydrogens (primary N) is 1. The highest BCUT2D eigenvalue weighted by atomic mass is 15.1. The molecule has 1 aromatic carbocycles. The van der Waals surface area contributed by atoms with Gasteiger partial charge in [-0.2, -0.15) is 0 Å². The van der Waals surface area contributed by atoms with Crippen molar-refractivity contribution < 1.29 is 0 Å². The lowest BCUT2D eigenvalue weighted by Gasteiger charge is -2.30. The lowest BCUT2D eigenvalue weighted by Crippen LogP contribution is -2.38. The van der Waals surface area contributed by atoms with Gasteiger partial charge in [0.25, 0.3) is 0 Å². The van der Waals surface area contributed by atoms with E-state index in [0.717, 1.165) is 12.2 Å². The maximum absolute atomic E-state index is 6.01. The number of aryl methyl sites for hydroxylation is 1. The Hall–Kier alpha value is -1.55. The van der Waals surface area contributed by atoms with E-state index in [4.69, 9.17) is 5.73 Å². The summed E-state index contributed by atoms with van der Waals surface area (Å²) in [5, 5.41) is 3.16. The number of benzene rings is 1. The zero-order valence-electron chi connectivity index (χ0n) is 14.1. The molecule has 4 heteroatoms. The molecule has 0 aliphatic rings. The van der Waals surface area contributed by atoms with Crippen molar-refractivity contribution >= 4 is 11.6 Å². The summed E-state index contributed by atoms with van der Waals surface area (Å²) in [4.78, 5) is 6.78. The second-order valence-corrected chi connectivity index (χ2v) is 5.83. The van der Waals surface area contributed by atoms with Crippen LogP contribution in [0.2, 0.25) is 0 Å². The summed E-state index contributed by atoms with van der Waals surface area (Å²) in [6.07, 6.45) is 2.33. The van der Waals surface area contributed by atoms with Crippen LogP contribution in [0.5, 0.6) is 0 Å². The third-order valence-corrected chi connectivity index (χ3v) is 4.00. The van der Waals surface area contributed by atoms with E-state index in [1.807, 2.05) is 12.1 Å². The molecule has 4 nitrogen and oxygen atoms in total. The van der Waals surface area contributed by atoms with Crippen LogP contribution in [0.4, 0.5) is 5.69 Å². The van der Waals surface area contributed by atoms with Crippen molar-refractivity contribution in [2.24, 2.45) is 16.6 Å². The molecule has 0 aliphatic heterocycles. The van der Waals surface area contributed by atoms with Gasteiger partial charge in [0.1, 0.15) is 0 Å². The zero-order valence-corrected chi connectivity index (χ0v) is 14.1. The fourth-order valence-electron chi connectivity index (χ4n) is 2.67. The van der Waals surface area contributed by atoms with Crippen molar-refractivity contribution in [3.63, 3.8) is 0 Å². The molecule has 1 unspecified atom stereocenters. The second-order valence-electron chi connectivity index (χ2n) is 5.83. The number of guanidine groups is 1. The van der Waals surface area contributed by atoms with Crippen molar-refractivity contribution in [3.05, 3.63) is 29.8 Å². The maximum atomic E-state index is 6.01. The molecule has 0 bridgehead atoms. The normalized spacial score (nSPS) is 13.8. The van der Waals surface area contributed by atoms with Crippen molar-refractivity contribution in [3.8, 4) is 0 Å². The van der Waals surface area contributed by atoms with E-state index in [9.17, 15) is 0 Å². The number of aliphatic imine (C=N–C) groups is 1. The molecule has 0 amide bonds. The van der Waals surface area contributed by atoms with E-state index in [1.165, 1.54) is 18.4 Å². The van der Waals surface area contributed by atoms with Gasteiger partial charge in [0, 0.05) is 11.7 Å². The minimum absolute atomic E-state index is 0.429. The molecule has 0 aromatic heterocycles. The average Bonchev–Trinajstić information content (AvgIpc) is 2.43. The van der Waals surface area contributed by atoms with Crippen molar-refractivity contribution in [1.82, 2.24) is 4.90 Å². The van der Waals surface area contributed by atoms with E-state index < -0.39 is 0 Å². The number of anilines is 1. The van der Waals surface area contributed by atoms with Crippen LogP contribution in [-0.4, -0.2) is 37.5 Å². The molecule has 0 fully saturated rings. The average molecular weight is 290 g/mol. The van der Waals surface area contributed by atoms with Gasteiger partial charge in [0.05, 0.1) is 6.54 Å². The lowest BCUT2D eigenvalue weighted by molar-refractivity contribution is 0.206. The molecule has 21 heavy (non-hydrogen) atoms. The maximum Gasteiger partial charge on any atom is 0.193 e. The number of nitrogens with one attached hydrogen (secondary N) is 1. The monoisotopic (exact) mass is 290 g/mol. The van der Waals surface area contributed by atoms with Crippen LogP contribution in [0.15, 0.2) is 29.3 Å². The predicted octanol–water partition coefficient (Wildman–Crippen LogP) is 3.09. The Kier molecular flexibility index (Phi) is 7.23. The van der Waals surface area contributed by atoms with Gasteiger partial charge in [-0.05, 0) is 44.6 Å². The van der Waals surface area contributed by atoms with Crippen LogP contribution < -0.4 is 11.1 Å². The quantitative estimate of drug-likeness (QED) is 0.599. The fourth-order valence-corrected chi connectivity index (χ4v) is 2.67. The summed E-state index contributed by atoms with van der Waals surface area (Å²) in [5.74, 6) is 1.13. The molecule has 1 atom stereocenters. The number of hydrogen-bond donors (Lipinski definition) is 2. The van der Waals surface area contributed by atoms with Crippen LogP contribution >= 0.6 is 0 Å². The Morgan fingerprint density at radius 3 is 2.48 bits per heavy atom. The summed E-state index contributed by atoms with van der Waals surface area (Å²) in [5.41, 5.74) is 8.20. The standard InChI is InChI=1S/C17H30N4/c1-6-14(7-2)16(21(4)5)12-19-17(18)20-15-10-8-9-13(3)11-15/h8-11,14,16H,6-7,12H2,1-5H3,(H3,18,19,20). The van der Waals surface area contributed by atoms with E-state index >= 15 is 0 Å². The molecule has 0 radical (unpaired) electrons. The Labute approximate surface area is 129 Å². The van der Waals surface area contributed by atoms with Crippen LogP contribution in [0.3, 0.4) is 0 Å². The molecular weight excluding hydrogens is 260 g/mol. The molecule has 1 aromatic rings.